The Bertz CT molecular complexity index is 911. The zero-order valence-electron chi connectivity index (χ0n) is 14.3. The van der Waals surface area contributed by atoms with Crippen LogP contribution >= 0.6 is 11.6 Å². The first-order valence-electron chi connectivity index (χ1n) is 8.30. The van der Waals surface area contributed by atoms with Crippen molar-refractivity contribution in [1.29, 1.82) is 0 Å². The Labute approximate surface area is 160 Å². The lowest BCUT2D eigenvalue weighted by atomic mass is 10.2. The lowest BCUT2D eigenvalue weighted by Gasteiger charge is -2.18. The van der Waals surface area contributed by atoms with Gasteiger partial charge in [-0.15, -0.1) is 0 Å². The highest BCUT2D eigenvalue weighted by molar-refractivity contribution is 6.32. The van der Waals surface area contributed by atoms with Crippen LogP contribution in [-0.4, -0.2) is 17.6 Å². The zero-order chi connectivity index (χ0) is 18.6. The molecule has 0 N–H and O–H groups in total. The summed E-state index contributed by atoms with van der Waals surface area (Å²) in [5.41, 5.74) is 0.744. The molecule has 3 aromatic rings. The van der Waals surface area contributed by atoms with Gasteiger partial charge in [-0.1, -0.05) is 11.6 Å². The van der Waals surface area contributed by atoms with Gasteiger partial charge in [0.1, 0.15) is 11.5 Å². The first kappa shape index (κ1) is 17.3. The quantitative estimate of drug-likeness (QED) is 0.584. The van der Waals surface area contributed by atoms with E-state index in [4.69, 9.17) is 29.9 Å². The van der Waals surface area contributed by atoms with Crippen LogP contribution in [0, 0.1) is 0 Å². The molecular formula is C20H16ClNO5. The summed E-state index contributed by atoms with van der Waals surface area (Å²) in [6.45, 7) is 0.804. The number of nitrogens with zero attached hydrogens (tertiary/aromatic N) is 1. The van der Waals surface area contributed by atoms with Crippen molar-refractivity contribution in [1.82, 2.24) is 4.90 Å². The van der Waals surface area contributed by atoms with Crippen molar-refractivity contribution in [2.24, 2.45) is 0 Å². The maximum absolute atomic E-state index is 12.8. The summed E-state index contributed by atoms with van der Waals surface area (Å²) in [5, 5.41) is 0.445. The van der Waals surface area contributed by atoms with Gasteiger partial charge in [0.15, 0.2) is 11.5 Å². The number of benzene rings is 1. The molecule has 4 rings (SSSR count). The summed E-state index contributed by atoms with van der Waals surface area (Å²) >= 11 is 6.18. The van der Waals surface area contributed by atoms with Crippen LogP contribution in [0.3, 0.4) is 0 Å². The highest BCUT2D eigenvalue weighted by Crippen LogP contribution is 2.40. The highest BCUT2D eigenvalue weighted by Gasteiger charge is 2.18. The summed E-state index contributed by atoms with van der Waals surface area (Å²) in [5.74, 6) is 2.29. The predicted octanol–water partition coefficient (Wildman–Crippen LogP) is 4.50. The van der Waals surface area contributed by atoms with E-state index in [2.05, 4.69) is 0 Å². The molecule has 7 heteroatoms. The Balaban J connectivity index is 1.52. The van der Waals surface area contributed by atoms with Crippen LogP contribution in [0.4, 0.5) is 0 Å². The molecule has 0 spiro atoms. The summed E-state index contributed by atoms with van der Waals surface area (Å²) in [6, 6.07) is 10.7. The van der Waals surface area contributed by atoms with Crippen LogP contribution in [0.5, 0.6) is 11.5 Å². The average molecular weight is 386 g/mol. The molecule has 3 heterocycles. The highest BCUT2D eigenvalue weighted by atomic mass is 35.5. The molecule has 2 aromatic heterocycles. The second-order valence-corrected chi connectivity index (χ2v) is 6.33. The van der Waals surface area contributed by atoms with Gasteiger partial charge in [-0.25, -0.2) is 0 Å². The van der Waals surface area contributed by atoms with Crippen molar-refractivity contribution in [3.63, 3.8) is 0 Å². The fraction of sp³-hybridized carbons (Fsp3) is 0.150. The van der Waals surface area contributed by atoms with Gasteiger partial charge in [-0.05, 0) is 48.0 Å². The number of amides is 1. The third-order valence-corrected chi connectivity index (χ3v) is 4.31. The second-order valence-electron chi connectivity index (χ2n) is 5.92. The molecule has 138 valence electrons. The molecule has 1 amide bonds. The molecule has 0 unspecified atom stereocenters. The molecule has 1 aromatic carbocycles. The lowest BCUT2D eigenvalue weighted by Crippen LogP contribution is -2.28. The molecule has 0 saturated carbocycles. The number of hydrogen-bond donors (Lipinski definition) is 0. The standard InChI is InChI=1S/C20H16ClNO5/c21-17-9-14(10-18-20(17)27-13-26-18)5-6-19(23)22(11-15-3-1-7-24-15)12-16-4-2-8-25-16/h1-10H,11-13H2/b6-5+. The molecule has 6 nitrogen and oxygen atoms in total. The molecule has 0 bridgehead atoms. The topological polar surface area (TPSA) is 65.1 Å². The van der Waals surface area contributed by atoms with E-state index in [1.54, 1.807) is 47.8 Å². The minimum atomic E-state index is -0.184. The van der Waals surface area contributed by atoms with Crippen LogP contribution in [0.15, 0.2) is 63.8 Å². The van der Waals surface area contributed by atoms with Crippen molar-refractivity contribution in [2.75, 3.05) is 6.79 Å². The minimum absolute atomic E-state index is 0.140. The van der Waals surface area contributed by atoms with E-state index in [1.807, 2.05) is 12.1 Å². The van der Waals surface area contributed by atoms with Gasteiger partial charge in [0.25, 0.3) is 0 Å². The number of rotatable bonds is 6. The lowest BCUT2D eigenvalue weighted by molar-refractivity contribution is -0.127. The molecule has 0 fully saturated rings. The smallest absolute Gasteiger partial charge is 0.247 e. The molecular weight excluding hydrogens is 370 g/mol. The van der Waals surface area contributed by atoms with Gasteiger partial charge in [0.2, 0.25) is 12.7 Å². The molecule has 0 saturated heterocycles. The van der Waals surface area contributed by atoms with Crippen molar-refractivity contribution in [3.8, 4) is 11.5 Å². The van der Waals surface area contributed by atoms with Gasteiger partial charge >= 0.3 is 0 Å². The number of halogens is 1. The van der Waals surface area contributed by atoms with Crippen molar-refractivity contribution in [2.45, 2.75) is 13.1 Å². The van der Waals surface area contributed by atoms with Crippen molar-refractivity contribution in [3.05, 3.63) is 77.1 Å². The van der Waals surface area contributed by atoms with E-state index in [0.29, 0.717) is 41.1 Å². The van der Waals surface area contributed by atoms with E-state index in [0.717, 1.165) is 5.56 Å². The summed E-state index contributed by atoms with van der Waals surface area (Å²) in [7, 11) is 0. The molecule has 1 aliphatic rings. The third kappa shape index (κ3) is 4.01. The average Bonchev–Trinajstić information content (AvgIpc) is 3.41. The van der Waals surface area contributed by atoms with Gasteiger partial charge < -0.3 is 23.2 Å². The first-order valence-corrected chi connectivity index (χ1v) is 8.68. The fourth-order valence-electron chi connectivity index (χ4n) is 2.75. The number of hydrogen-bond acceptors (Lipinski definition) is 5. The second kappa shape index (κ2) is 7.63. The summed E-state index contributed by atoms with van der Waals surface area (Å²) < 4.78 is 21.4. The Kier molecular flexibility index (Phi) is 4.89. The van der Waals surface area contributed by atoms with Gasteiger partial charge in [-0.3, -0.25) is 4.79 Å². The van der Waals surface area contributed by atoms with Gasteiger partial charge in [0.05, 0.1) is 30.6 Å². The predicted molar refractivity (Wildman–Crippen MR) is 98.3 cm³/mol. The van der Waals surface area contributed by atoms with Crippen LogP contribution in [-0.2, 0) is 17.9 Å². The Morgan fingerprint density at radius 2 is 1.78 bits per heavy atom. The third-order valence-electron chi connectivity index (χ3n) is 4.03. The molecule has 27 heavy (non-hydrogen) atoms. The Morgan fingerprint density at radius 3 is 2.41 bits per heavy atom. The van der Waals surface area contributed by atoms with Crippen LogP contribution in [0.1, 0.15) is 17.1 Å². The van der Waals surface area contributed by atoms with E-state index in [9.17, 15) is 4.79 Å². The number of fused-ring (bicyclic) bond motifs is 1. The largest absolute Gasteiger partial charge is 0.467 e. The zero-order valence-corrected chi connectivity index (χ0v) is 15.0. The fourth-order valence-corrected chi connectivity index (χ4v) is 3.02. The molecule has 1 aliphatic heterocycles. The first-order chi connectivity index (χ1) is 13.2. The van der Waals surface area contributed by atoms with Crippen LogP contribution in [0.2, 0.25) is 5.02 Å². The number of ether oxygens (including phenoxy) is 2. The maximum Gasteiger partial charge on any atom is 0.247 e. The normalized spacial score (nSPS) is 12.6. The Morgan fingerprint density at radius 1 is 1.07 bits per heavy atom. The van der Waals surface area contributed by atoms with E-state index < -0.39 is 0 Å². The molecule has 0 radical (unpaired) electrons. The van der Waals surface area contributed by atoms with Crippen molar-refractivity contribution < 1.29 is 23.1 Å². The number of carbonyl (C=O) groups is 1. The minimum Gasteiger partial charge on any atom is -0.467 e. The monoisotopic (exact) mass is 385 g/mol. The number of furan rings is 2. The van der Waals surface area contributed by atoms with E-state index in [1.165, 1.54) is 6.08 Å². The van der Waals surface area contributed by atoms with Gasteiger partial charge in [-0.2, -0.15) is 0 Å². The maximum atomic E-state index is 12.8. The number of carbonyl (C=O) groups excluding carboxylic acids is 1. The van der Waals surface area contributed by atoms with Crippen molar-refractivity contribution >= 4 is 23.6 Å². The Hall–Kier alpha value is -3.12. The van der Waals surface area contributed by atoms with Gasteiger partial charge in [0, 0.05) is 6.08 Å². The summed E-state index contributed by atoms with van der Waals surface area (Å²) in [6.07, 6.45) is 6.33. The van der Waals surface area contributed by atoms with Crippen LogP contribution in [0.25, 0.3) is 6.08 Å². The van der Waals surface area contributed by atoms with E-state index >= 15 is 0 Å². The van der Waals surface area contributed by atoms with E-state index in [-0.39, 0.29) is 12.7 Å². The SMILES string of the molecule is O=C(/C=C/c1cc(Cl)c2c(c1)OCO2)N(Cc1ccco1)Cc1ccco1. The summed E-state index contributed by atoms with van der Waals surface area (Å²) in [4.78, 5) is 14.4. The molecule has 0 aliphatic carbocycles. The van der Waals surface area contributed by atoms with Crippen LogP contribution < -0.4 is 9.47 Å². The molecule has 0 atom stereocenters.